The van der Waals surface area contributed by atoms with Gasteiger partial charge in [-0.15, -0.1) is 0 Å². The van der Waals surface area contributed by atoms with E-state index in [1.54, 1.807) is 13.8 Å². The van der Waals surface area contributed by atoms with Crippen LogP contribution in [0.5, 0.6) is 11.5 Å². The summed E-state index contributed by atoms with van der Waals surface area (Å²) in [6, 6.07) is 31.0. The second-order valence-corrected chi connectivity index (χ2v) is 10.3. The molecule has 0 amide bonds. The van der Waals surface area contributed by atoms with Gasteiger partial charge in [0.25, 0.3) is 0 Å². The van der Waals surface area contributed by atoms with Gasteiger partial charge in [0.15, 0.2) is 5.60 Å². The Morgan fingerprint density at radius 2 is 1.76 bits per heavy atom. The first kappa shape index (κ1) is 24.8. The van der Waals surface area contributed by atoms with Crippen molar-refractivity contribution < 1.29 is 19.4 Å². The lowest BCUT2D eigenvalue weighted by Crippen LogP contribution is -2.38. The number of hydrogen-bond acceptors (Lipinski definition) is 4. The van der Waals surface area contributed by atoms with Gasteiger partial charge in [-0.3, -0.25) is 0 Å². The van der Waals surface area contributed by atoms with Gasteiger partial charge in [0.1, 0.15) is 17.6 Å². The number of nitrogens with one attached hydrogen (secondary N) is 1. The van der Waals surface area contributed by atoms with Crippen molar-refractivity contribution in [2.75, 3.05) is 6.54 Å². The summed E-state index contributed by atoms with van der Waals surface area (Å²) in [5.74, 6) is 0.551. The molecule has 0 saturated heterocycles. The molecule has 1 aliphatic heterocycles. The number of rotatable bonds is 8. The summed E-state index contributed by atoms with van der Waals surface area (Å²) in [5.41, 5.74) is 2.19. The summed E-state index contributed by atoms with van der Waals surface area (Å²) < 4.78 is 12.3. The van der Waals surface area contributed by atoms with Crippen molar-refractivity contribution in [3.05, 3.63) is 108 Å². The van der Waals surface area contributed by atoms with Crippen LogP contribution in [0.1, 0.15) is 55.8 Å². The van der Waals surface area contributed by atoms with Crippen LogP contribution in [0.4, 0.5) is 0 Å². The number of carbonyl (C=O) groups is 1. The number of fused-ring (bicyclic) bond motifs is 2. The van der Waals surface area contributed by atoms with Crippen molar-refractivity contribution in [2.24, 2.45) is 0 Å². The molecule has 3 atom stereocenters. The summed E-state index contributed by atoms with van der Waals surface area (Å²) in [4.78, 5) is 11.6. The number of hydrogen-bond donors (Lipinski definition) is 2. The highest BCUT2D eigenvalue weighted by atomic mass is 16.5. The quantitative estimate of drug-likeness (QED) is 0.284. The number of ether oxygens (including phenoxy) is 2. The Bertz CT molecular complexity index is 1410. The van der Waals surface area contributed by atoms with Gasteiger partial charge >= 0.3 is 5.97 Å². The Morgan fingerprint density at radius 3 is 2.59 bits per heavy atom. The van der Waals surface area contributed by atoms with Crippen LogP contribution < -0.4 is 14.8 Å². The maximum absolute atomic E-state index is 11.6. The molecule has 0 spiro atoms. The topological polar surface area (TPSA) is 67.8 Å². The molecule has 0 unspecified atom stereocenters. The van der Waals surface area contributed by atoms with Gasteiger partial charge in [0, 0.05) is 24.1 Å². The van der Waals surface area contributed by atoms with Crippen molar-refractivity contribution in [2.45, 2.75) is 50.9 Å². The SMILES string of the molecule is C[C@@H](NC[C@H]1C[C@@H](c2cccc(OC(C)(C)C(=O)O)c2)c2ccccc2O1)c1cccc2ccccc12. The van der Waals surface area contributed by atoms with E-state index in [1.165, 1.54) is 16.3 Å². The van der Waals surface area contributed by atoms with Gasteiger partial charge < -0.3 is 19.9 Å². The van der Waals surface area contributed by atoms with Crippen molar-refractivity contribution in [3.8, 4) is 11.5 Å². The molecule has 1 aliphatic rings. The summed E-state index contributed by atoms with van der Waals surface area (Å²) in [6.45, 7) is 6.02. The van der Waals surface area contributed by atoms with E-state index < -0.39 is 11.6 Å². The van der Waals surface area contributed by atoms with Crippen LogP contribution in [0.25, 0.3) is 10.8 Å². The van der Waals surface area contributed by atoms with Crippen LogP contribution in [-0.2, 0) is 4.79 Å². The maximum atomic E-state index is 11.6. The minimum absolute atomic E-state index is 0.0163. The number of benzene rings is 4. The smallest absolute Gasteiger partial charge is 0.347 e. The molecule has 4 aromatic rings. The monoisotopic (exact) mass is 495 g/mol. The highest BCUT2D eigenvalue weighted by Crippen LogP contribution is 2.41. The molecule has 190 valence electrons. The molecule has 0 aliphatic carbocycles. The normalized spacial score (nSPS) is 18.0. The first-order valence-corrected chi connectivity index (χ1v) is 12.8. The van der Waals surface area contributed by atoms with E-state index >= 15 is 0 Å². The fourth-order valence-electron chi connectivity index (χ4n) is 5.11. The van der Waals surface area contributed by atoms with Crippen molar-refractivity contribution in [1.82, 2.24) is 5.32 Å². The van der Waals surface area contributed by atoms with Gasteiger partial charge in [-0.25, -0.2) is 4.79 Å². The minimum Gasteiger partial charge on any atom is -0.489 e. The number of carboxylic acids is 1. The molecular weight excluding hydrogens is 462 g/mol. The standard InChI is InChI=1S/C32H33NO4/c1-21(26-16-9-11-22-10-4-5-14-27(22)26)33-20-25-19-29(28-15-6-7-17-30(28)36-25)23-12-8-13-24(18-23)37-32(2,3)31(34)35/h4-18,21,25,29,33H,19-20H2,1-3H3,(H,34,35)/t21-,25-,29+/m1/s1. The van der Waals surface area contributed by atoms with E-state index in [1.807, 2.05) is 36.4 Å². The Balaban J connectivity index is 1.36. The van der Waals surface area contributed by atoms with E-state index in [0.29, 0.717) is 12.3 Å². The molecule has 37 heavy (non-hydrogen) atoms. The minimum atomic E-state index is -1.31. The zero-order valence-electron chi connectivity index (χ0n) is 21.5. The van der Waals surface area contributed by atoms with Gasteiger partial charge in [0.2, 0.25) is 0 Å². The van der Waals surface area contributed by atoms with Crippen LogP contribution in [-0.4, -0.2) is 29.3 Å². The Kier molecular flexibility index (Phi) is 6.90. The first-order chi connectivity index (χ1) is 17.8. The van der Waals surface area contributed by atoms with Crippen LogP contribution in [0.3, 0.4) is 0 Å². The predicted molar refractivity (Wildman–Crippen MR) is 146 cm³/mol. The van der Waals surface area contributed by atoms with E-state index in [2.05, 4.69) is 66.8 Å². The Hall–Kier alpha value is -3.83. The molecule has 0 bridgehead atoms. The average Bonchev–Trinajstić information content (AvgIpc) is 2.90. The largest absolute Gasteiger partial charge is 0.489 e. The van der Waals surface area contributed by atoms with Gasteiger partial charge in [-0.2, -0.15) is 0 Å². The van der Waals surface area contributed by atoms with Crippen molar-refractivity contribution in [1.29, 1.82) is 0 Å². The lowest BCUT2D eigenvalue weighted by atomic mass is 9.84. The van der Waals surface area contributed by atoms with Crippen LogP contribution in [0.2, 0.25) is 0 Å². The molecule has 5 heteroatoms. The third kappa shape index (κ3) is 5.32. The first-order valence-electron chi connectivity index (χ1n) is 12.8. The van der Waals surface area contributed by atoms with E-state index in [-0.39, 0.29) is 18.1 Å². The van der Waals surface area contributed by atoms with E-state index in [9.17, 15) is 9.90 Å². The molecule has 0 saturated carbocycles. The molecular formula is C32H33NO4. The molecule has 0 radical (unpaired) electrons. The van der Waals surface area contributed by atoms with Gasteiger partial charge in [-0.05, 0) is 67.3 Å². The molecule has 4 aromatic carbocycles. The number of aliphatic carboxylic acids is 1. The zero-order valence-corrected chi connectivity index (χ0v) is 21.5. The fraction of sp³-hybridized carbons (Fsp3) is 0.281. The molecule has 0 aromatic heterocycles. The fourth-order valence-corrected chi connectivity index (χ4v) is 5.11. The average molecular weight is 496 g/mol. The number of carboxylic acid groups (broad SMARTS) is 1. The van der Waals surface area contributed by atoms with Gasteiger partial charge in [0.05, 0.1) is 0 Å². The van der Waals surface area contributed by atoms with Gasteiger partial charge in [-0.1, -0.05) is 72.8 Å². The highest BCUT2D eigenvalue weighted by Gasteiger charge is 2.32. The molecule has 5 rings (SSSR count). The molecule has 0 fully saturated rings. The second kappa shape index (κ2) is 10.3. The highest BCUT2D eigenvalue weighted by molar-refractivity contribution is 5.86. The predicted octanol–water partition coefficient (Wildman–Crippen LogP) is 6.72. The Labute approximate surface area is 218 Å². The lowest BCUT2D eigenvalue weighted by molar-refractivity contribution is -0.152. The van der Waals surface area contributed by atoms with E-state index in [4.69, 9.17) is 9.47 Å². The molecule has 2 N–H and O–H groups in total. The van der Waals surface area contributed by atoms with Crippen molar-refractivity contribution in [3.63, 3.8) is 0 Å². The molecule has 1 heterocycles. The van der Waals surface area contributed by atoms with Crippen LogP contribution >= 0.6 is 0 Å². The third-order valence-corrected chi connectivity index (χ3v) is 7.18. The zero-order chi connectivity index (χ0) is 26.0. The second-order valence-electron chi connectivity index (χ2n) is 10.3. The summed E-state index contributed by atoms with van der Waals surface area (Å²) in [7, 11) is 0. The lowest BCUT2D eigenvalue weighted by Gasteiger charge is -2.34. The Morgan fingerprint density at radius 1 is 1.03 bits per heavy atom. The summed E-state index contributed by atoms with van der Waals surface area (Å²) >= 11 is 0. The molecule has 5 nitrogen and oxygen atoms in total. The summed E-state index contributed by atoms with van der Waals surface area (Å²) in [6.07, 6.45) is 0.787. The summed E-state index contributed by atoms with van der Waals surface area (Å²) in [5, 5.41) is 15.7. The van der Waals surface area contributed by atoms with E-state index in [0.717, 1.165) is 23.3 Å². The number of para-hydroxylation sites is 1. The van der Waals surface area contributed by atoms with Crippen LogP contribution in [0, 0.1) is 0 Å². The maximum Gasteiger partial charge on any atom is 0.347 e. The van der Waals surface area contributed by atoms with Crippen molar-refractivity contribution >= 4 is 16.7 Å². The third-order valence-electron chi connectivity index (χ3n) is 7.18. The van der Waals surface area contributed by atoms with Crippen LogP contribution in [0.15, 0.2) is 91.0 Å².